The fourth-order valence-corrected chi connectivity index (χ4v) is 11.3. The summed E-state index contributed by atoms with van der Waals surface area (Å²) >= 11 is 0. The molecule has 0 aliphatic rings. The first-order valence-corrected chi connectivity index (χ1v) is 29.3. The molecular weight excluding hydrogens is 1230 g/mol. The summed E-state index contributed by atoms with van der Waals surface area (Å²) in [6.07, 6.45) is 0. The predicted octanol–water partition coefficient (Wildman–Crippen LogP) is 7.43. The van der Waals surface area contributed by atoms with Gasteiger partial charge in [-0.15, -0.1) is 30.7 Å². The Balaban J connectivity index is 1.38. The van der Waals surface area contributed by atoms with Crippen molar-refractivity contribution in [3.05, 3.63) is 106 Å². The maximum absolute atomic E-state index is 13.1. The lowest BCUT2D eigenvalue weighted by Gasteiger charge is -2.15. The highest BCUT2D eigenvalue weighted by molar-refractivity contribution is 7.87. The molecule has 0 heterocycles. The minimum Gasteiger partial charge on any atom is -0.505 e. The molecule has 0 bridgehead atoms. The molecule has 0 aliphatic carbocycles. The van der Waals surface area contributed by atoms with Crippen molar-refractivity contribution in [2.45, 2.75) is 29.4 Å². The van der Waals surface area contributed by atoms with Crippen molar-refractivity contribution in [2.24, 2.45) is 40.9 Å². The topological polar surface area (TPSA) is 609 Å². The van der Waals surface area contributed by atoms with Crippen LogP contribution in [0.1, 0.15) is 20.7 Å². The van der Waals surface area contributed by atoms with E-state index >= 15 is 0 Å². The van der Waals surface area contributed by atoms with Gasteiger partial charge < -0.3 is 26.2 Å². The van der Waals surface area contributed by atoms with Gasteiger partial charge in [-0.1, -0.05) is 0 Å². The smallest absolute Gasteiger partial charge is 0.335 e. The zero-order valence-electron chi connectivity index (χ0n) is 39.1. The molecule has 36 nitrogen and oxygen atoms in total. The monoisotopic (exact) mass is 1250 g/mol. The number of benzene rings is 7. The third-order valence-corrected chi connectivity index (χ3v) is 16.0. The van der Waals surface area contributed by atoms with Crippen LogP contribution >= 0.6 is 0 Å². The van der Waals surface area contributed by atoms with Gasteiger partial charge in [0, 0.05) is 28.3 Å². The Kier molecular flexibility index (Phi) is 15.7. The Morgan fingerprint density at radius 1 is 0.427 bits per heavy atom. The van der Waals surface area contributed by atoms with Crippen molar-refractivity contribution < 1.29 is 113 Å². The molecule has 0 aliphatic heterocycles. The lowest BCUT2D eigenvalue weighted by molar-refractivity contribution is -0.385. The van der Waals surface area contributed by atoms with Crippen LogP contribution in [0.3, 0.4) is 0 Å². The first-order valence-electron chi connectivity index (χ1n) is 20.7. The van der Waals surface area contributed by atoms with Crippen LogP contribution in [0, 0.1) is 10.1 Å². The van der Waals surface area contributed by atoms with Crippen molar-refractivity contribution in [3.8, 4) is 11.5 Å². The fraction of sp³-hybridized carbons (Fsp3) is 0. The van der Waals surface area contributed by atoms with E-state index in [-0.39, 0.29) is 23.9 Å². The number of carboxylic acid groups (broad SMARTS) is 2. The third kappa shape index (κ3) is 12.5. The third-order valence-electron chi connectivity index (χ3n) is 10.7. The number of fused-ring (bicyclic) bond motifs is 2. The second-order valence-corrected chi connectivity index (χ2v) is 24.3. The van der Waals surface area contributed by atoms with Crippen molar-refractivity contribution >= 4 is 151 Å². The number of hydrogen-bond acceptors (Lipinski definition) is 27. The van der Waals surface area contributed by atoms with Crippen LogP contribution in [-0.4, -0.2) is 115 Å². The summed E-state index contributed by atoms with van der Waals surface area (Å²) in [6.45, 7) is 0. The predicted molar refractivity (Wildman–Crippen MR) is 271 cm³/mol. The normalized spacial score (nSPS) is 13.1. The molecule has 0 atom stereocenters. The van der Waals surface area contributed by atoms with Gasteiger partial charge in [-0.25, -0.2) is 9.59 Å². The summed E-state index contributed by atoms with van der Waals surface area (Å²) in [5.74, 6) is -6.10. The number of phenolic OH excluding ortho intramolecular Hbond substituents is 2. The first-order chi connectivity index (χ1) is 37.7. The second kappa shape index (κ2) is 21.3. The van der Waals surface area contributed by atoms with E-state index in [4.69, 9.17) is 5.73 Å². The van der Waals surface area contributed by atoms with Crippen molar-refractivity contribution in [2.75, 3.05) is 5.73 Å². The van der Waals surface area contributed by atoms with Gasteiger partial charge >= 0.3 is 11.9 Å². The van der Waals surface area contributed by atoms with Crippen molar-refractivity contribution in [3.63, 3.8) is 0 Å². The number of rotatable bonds is 17. The highest BCUT2D eigenvalue weighted by Gasteiger charge is 2.32. The number of aromatic carboxylic acids is 2. The summed E-state index contributed by atoms with van der Waals surface area (Å²) in [5.41, 5.74) is -4.24. The molecule has 0 aromatic heterocycles. The maximum atomic E-state index is 13.1. The lowest BCUT2D eigenvalue weighted by Crippen LogP contribution is -2.04. The van der Waals surface area contributed by atoms with Gasteiger partial charge in [-0.05, 0) is 72.8 Å². The van der Waals surface area contributed by atoms with Crippen LogP contribution in [0.2, 0.25) is 0 Å². The Labute approximate surface area is 455 Å². The maximum Gasteiger partial charge on any atom is 0.335 e. The van der Waals surface area contributed by atoms with Crippen LogP contribution in [0.15, 0.2) is 155 Å². The van der Waals surface area contributed by atoms with Gasteiger partial charge in [0.05, 0.1) is 38.5 Å². The Bertz CT molecular complexity index is 4850. The van der Waals surface area contributed by atoms with Crippen LogP contribution in [0.5, 0.6) is 11.5 Å². The summed E-state index contributed by atoms with van der Waals surface area (Å²) in [6, 6.07) is 8.51. The van der Waals surface area contributed by atoms with Gasteiger partial charge in [0.1, 0.15) is 63.5 Å². The van der Waals surface area contributed by atoms with Crippen LogP contribution in [0.25, 0.3) is 21.5 Å². The number of non-ortho nitro benzene ring substituents is 1. The molecule has 0 spiro atoms. The molecule has 7 aromatic carbocycles. The summed E-state index contributed by atoms with van der Waals surface area (Å²) in [7, 11) is -33.6. The van der Waals surface area contributed by atoms with Gasteiger partial charge in [0.2, 0.25) is 0 Å². The second-order valence-electron chi connectivity index (χ2n) is 16.0. The molecule has 0 radical (unpaired) electrons. The van der Waals surface area contributed by atoms with Gasteiger partial charge in [-0.3, -0.25) is 37.4 Å². The SMILES string of the molecule is Nc1c(N=Nc2ccc3c(O)c(N=Nc4ccc(N=Nc5cc(C(=O)O)cc(C(=O)O)c5)cc4S(=O)(=O)O)c(S(=O)(=O)O)cc3c2S(=O)(=O)O)cc(S(=O)(=O)O)c2cc(S(=O)(=O)O)c(N=Nc3ccc([N+](=O)[O-])cc3S(=O)(=O)O)c(O)c12. The highest BCUT2D eigenvalue weighted by Crippen LogP contribution is 2.50. The largest absolute Gasteiger partial charge is 0.505 e. The number of nitrogen functional groups attached to an aromatic ring is 1. The van der Waals surface area contributed by atoms with Crippen molar-refractivity contribution in [1.29, 1.82) is 0 Å². The molecule has 7 rings (SSSR count). The molecule has 12 N–H and O–H groups in total. The molecular formula is C40H26N10O26S6. The number of nitrogens with two attached hydrogens (primary N) is 1. The van der Waals surface area contributed by atoms with Gasteiger partial charge in [-0.2, -0.15) is 60.7 Å². The van der Waals surface area contributed by atoms with E-state index in [0.717, 1.165) is 36.4 Å². The molecule has 7 aromatic rings. The molecule has 42 heteroatoms. The van der Waals surface area contributed by atoms with E-state index in [9.17, 15) is 118 Å². The molecule has 0 amide bonds. The molecule has 0 unspecified atom stereocenters. The number of anilines is 1. The van der Waals surface area contributed by atoms with Gasteiger partial charge in [0.15, 0.2) is 11.5 Å². The van der Waals surface area contributed by atoms with Crippen LogP contribution in [0.4, 0.5) is 56.9 Å². The quantitative estimate of drug-likeness (QED) is 0.0139. The summed E-state index contributed by atoms with van der Waals surface area (Å²) in [4.78, 5) is 24.7. The van der Waals surface area contributed by atoms with E-state index in [2.05, 4.69) is 40.9 Å². The fourth-order valence-electron chi connectivity index (χ4n) is 7.23. The average Bonchev–Trinajstić information content (AvgIpc) is 3.43. The molecule has 428 valence electrons. The highest BCUT2D eigenvalue weighted by atomic mass is 32.2. The molecule has 0 saturated heterocycles. The number of aromatic hydroxyl groups is 2. The van der Waals surface area contributed by atoms with E-state index in [1.54, 1.807) is 0 Å². The number of carbonyl (C=O) groups is 2. The number of carboxylic acids is 2. The zero-order valence-corrected chi connectivity index (χ0v) is 44.0. The van der Waals surface area contributed by atoms with E-state index in [0.29, 0.717) is 30.3 Å². The Morgan fingerprint density at radius 2 is 0.866 bits per heavy atom. The number of nitro benzene ring substituents is 1. The Morgan fingerprint density at radius 3 is 1.35 bits per heavy atom. The zero-order chi connectivity index (χ0) is 61.1. The molecule has 82 heavy (non-hydrogen) atoms. The number of azo groups is 4. The lowest BCUT2D eigenvalue weighted by atomic mass is 10.0. The minimum atomic E-state index is -5.78. The number of hydrogen-bond donors (Lipinski definition) is 11. The average molecular weight is 1260 g/mol. The number of phenols is 2. The van der Waals surface area contributed by atoms with E-state index in [1.165, 1.54) is 0 Å². The minimum absolute atomic E-state index is 0.235. The van der Waals surface area contributed by atoms with Crippen LogP contribution in [-0.2, 0) is 60.7 Å². The van der Waals surface area contributed by atoms with E-state index in [1.807, 2.05) is 0 Å². The molecule has 0 fully saturated rings. The first kappa shape index (κ1) is 60.3. The summed E-state index contributed by atoms with van der Waals surface area (Å²) < 4.78 is 212. The van der Waals surface area contributed by atoms with E-state index < -0.39 is 202 Å². The van der Waals surface area contributed by atoms with Gasteiger partial charge in [0.25, 0.3) is 66.4 Å². The van der Waals surface area contributed by atoms with Crippen LogP contribution < -0.4 is 5.73 Å². The standard InChI is InChI=1S/C40H26N10O26S6/c41-33-26(14-27(77(59,60)61)22-13-31(81(71,72)73)35(37(52)32(22)33)49-45-24-5-2-19(50(57)58)11-29(24)79(65,66)67)47-46-25-6-3-20-21(38(25)82(74,75)76)12-30(80(68,69)70)34(36(20)51)48-44-23-4-1-17(10-28(23)78(62,63)64)42-43-18-8-15(39(53)54)7-16(9-18)40(55)56/h1-14,51-52H,41H2,(H,53,54)(H,55,56)(H,59,60,61)(H,62,63,64)(H,65,66,67)(H,68,69,70)(H,71,72,73)(H,74,75,76). The Hall–Kier alpha value is -9.34. The molecule has 0 saturated carbocycles. The number of nitro groups is 1. The summed E-state index contributed by atoms with van der Waals surface area (Å²) in [5, 5.41) is 77.2. The number of nitrogens with zero attached hydrogens (tertiary/aromatic N) is 9. The van der Waals surface area contributed by atoms with Crippen molar-refractivity contribution in [1.82, 2.24) is 0 Å².